The molecule has 20 heavy (non-hydrogen) atoms. The molecule has 0 radical (unpaired) electrons. The van der Waals surface area contributed by atoms with Gasteiger partial charge in [0.2, 0.25) is 0 Å². The summed E-state index contributed by atoms with van der Waals surface area (Å²) in [5.41, 5.74) is 2.49. The van der Waals surface area contributed by atoms with Crippen molar-refractivity contribution in [3.05, 3.63) is 23.8 Å². The van der Waals surface area contributed by atoms with E-state index < -0.39 is 0 Å². The summed E-state index contributed by atoms with van der Waals surface area (Å²) < 4.78 is 10.9. The summed E-state index contributed by atoms with van der Waals surface area (Å²) in [4.78, 5) is 2.17. The van der Waals surface area contributed by atoms with Gasteiger partial charge >= 0.3 is 0 Å². The van der Waals surface area contributed by atoms with Crippen molar-refractivity contribution in [2.45, 2.75) is 25.4 Å². The minimum absolute atomic E-state index is 0.311. The van der Waals surface area contributed by atoms with Gasteiger partial charge in [-0.2, -0.15) is 0 Å². The molecule has 1 aromatic rings. The van der Waals surface area contributed by atoms with Gasteiger partial charge in [-0.15, -0.1) is 0 Å². The van der Waals surface area contributed by atoms with Crippen LogP contribution in [0.1, 0.15) is 18.4 Å². The lowest BCUT2D eigenvalue weighted by Gasteiger charge is -2.22. The second-order valence-electron chi connectivity index (χ2n) is 5.22. The Hall–Kier alpha value is -1.33. The van der Waals surface area contributed by atoms with Crippen molar-refractivity contribution in [3.8, 4) is 5.75 Å². The molecular formula is C15H20N2O2S. The molecule has 0 aromatic heterocycles. The lowest BCUT2D eigenvalue weighted by molar-refractivity contribution is 0.114. The second-order valence-corrected chi connectivity index (χ2v) is 5.60. The number of benzene rings is 1. The summed E-state index contributed by atoms with van der Waals surface area (Å²) in [5.74, 6) is 0.906. The third-order valence-electron chi connectivity index (χ3n) is 3.93. The molecular weight excluding hydrogens is 272 g/mol. The van der Waals surface area contributed by atoms with Gasteiger partial charge in [0.15, 0.2) is 5.11 Å². The number of hydrogen-bond donors (Lipinski definition) is 1. The zero-order valence-corrected chi connectivity index (χ0v) is 12.5. The van der Waals surface area contributed by atoms with Gasteiger partial charge in [0.1, 0.15) is 5.75 Å². The summed E-state index contributed by atoms with van der Waals surface area (Å²) >= 11 is 5.51. The Morgan fingerprint density at radius 2 is 2.45 bits per heavy atom. The number of ether oxygens (including phenoxy) is 2. The number of nitrogens with one attached hydrogen (secondary N) is 1. The van der Waals surface area contributed by atoms with E-state index in [2.05, 4.69) is 22.3 Å². The van der Waals surface area contributed by atoms with Crippen LogP contribution in [-0.4, -0.2) is 38.0 Å². The normalized spacial score (nSPS) is 20.9. The van der Waals surface area contributed by atoms with E-state index in [1.54, 1.807) is 7.11 Å². The molecule has 2 heterocycles. The Labute approximate surface area is 125 Å². The van der Waals surface area contributed by atoms with Crippen LogP contribution in [-0.2, 0) is 11.2 Å². The number of anilines is 1. The molecule has 1 aromatic carbocycles. The van der Waals surface area contributed by atoms with Crippen molar-refractivity contribution >= 4 is 23.0 Å². The number of nitrogens with zero attached hydrogens (tertiary/aromatic N) is 1. The maximum atomic E-state index is 5.61. The number of rotatable bonds is 3. The molecule has 0 spiro atoms. The molecule has 1 atom stereocenters. The van der Waals surface area contributed by atoms with E-state index in [1.807, 2.05) is 6.07 Å². The molecule has 4 nitrogen and oxygen atoms in total. The first kappa shape index (κ1) is 13.6. The minimum atomic E-state index is 0.311. The zero-order valence-electron chi connectivity index (χ0n) is 11.7. The maximum absolute atomic E-state index is 5.61. The highest BCUT2D eigenvalue weighted by atomic mass is 32.1. The summed E-state index contributed by atoms with van der Waals surface area (Å²) in [6, 6.07) is 6.17. The monoisotopic (exact) mass is 292 g/mol. The topological polar surface area (TPSA) is 33.7 Å². The molecule has 5 heteroatoms. The highest BCUT2D eigenvalue weighted by Gasteiger charge is 2.23. The Morgan fingerprint density at radius 3 is 3.20 bits per heavy atom. The van der Waals surface area contributed by atoms with Crippen LogP contribution in [0.25, 0.3) is 0 Å². The quantitative estimate of drug-likeness (QED) is 0.863. The Morgan fingerprint density at radius 1 is 1.55 bits per heavy atom. The van der Waals surface area contributed by atoms with Crippen LogP contribution in [0.2, 0.25) is 0 Å². The molecule has 1 saturated heterocycles. The molecule has 1 fully saturated rings. The fourth-order valence-electron chi connectivity index (χ4n) is 2.82. The zero-order chi connectivity index (χ0) is 13.9. The summed E-state index contributed by atoms with van der Waals surface area (Å²) in [5, 5.41) is 4.13. The third kappa shape index (κ3) is 2.74. The predicted octanol–water partition coefficient (Wildman–Crippen LogP) is 2.11. The Balaban J connectivity index is 1.63. The fraction of sp³-hybridized carbons (Fsp3) is 0.533. The average Bonchev–Trinajstić information content (AvgIpc) is 3.13. The summed E-state index contributed by atoms with van der Waals surface area (Å²) in [7, 11) is 1.70. The average molecular weight is 292 g/mol. The summed E-state index contributed by atoms with van der Waals surface area (Å²) in [6.45, 7) is 2.62. The van der Waals surface area contributed by atoms with Gasteiger partial charge in [-0.05, 0) is 55.2 Å². The van der Waals surface area contributed by atoms with E-state index >= 15 is 0 Å². The first-order valence-electron chi connectivity index (χ1n) is 7.12. The number of methoxy groups -OCH3 is 1. The molecule has 2 aliphatic rings. The molecule has 1 N–H and O–H groups in total. The van der Waals surface area contributed by atoms with Gasteiger partial charge < -0.3 is 19.7 Å². The van der Waals surface area contributed by atoms with Crippen LogP contribution >= 0.6 is 12.2 Å². The van der Waals surface area contributed by atoms with Gasteiger partial charge in [0.05, 0.1) is 13.2 Å². The SMILES string of the molecule is COc1ccc2c(c1)CCN2C(=S)NC[C@H]1CCCO1. The summed E-state index contributed by atoms with van der Waals surface area (Å²) in [6.07, 6.45) is 3.61. The largest absolute Gasteiger partial charge is 0.497 e. The molecule has 0 amide bonds. The highest BCUT2D eigenvalue weighted by Crippen LogP contribution is 2.31. The molecule has 0 unspecified atom stereocenters. The maximum Gasteiger partial charge on any atom is 0.173 e. The molecule has 3 rings (SSSR count). The third-order valence-corrected chi connectivity index (χ3v) is 4.30. The Bertz CT molecular complexity index is 501. The van der Waals surface area contributed by atoms with Crippen LogP contribution in [0.3, 0.4) is 0 Å². The fourth-order valence-corrected chi connectivity index (χ4v) is 3.09. The lowest BCUT2D eigenvalue weighted by Crippen LogP contribution is -2.41. The van der Waals surface area contributed by atoms with Crippen LogP contribution < -0.4 is 15.0 Å². The van der Waals surface area contributed by atoms with Crippen molar-refractivity contribution in [1.29, 1.82) is 0 Å². The van der Waals surface area contributed by atoms with E-state index in [0.29, 0.717) is 6.10 Å². The number of fused-ring (bicyclic) bond motifs is 1. The van der Waals surface area contributed by atoms with Gasteiger partial charge in [0, 0.05) is 25.4 Å². The van der Waals surface area contributed by atoms with Crippen LogP contribution in [0.4, 0.5) is 5.69 Å². The first-order valence-corrected chi connectivity index (χ1v) is 7.52. The minimum Gasteiger partial charge on any atom is -0.497 e. The van der Waals surface area contributed by atoms with Crippen LogP contribution in [0.5, 0.6) is 5.75 Å². The van der Waals surface area contributed by atoms with Crippen LogP contribution in [0.15, 0.2) is 18.2 Å². The van der Waals surface area contributed by atoms with Crippen molar-refractivity contribution in [1.82, 2.24) is 5.32 Å². The predicted molar refractivity (Wildman–Crippen MR) is 83.6 cm³/mol. The van der Waals surface area contributed by atoms with E-state index in [0.717, 1.165) is 49.8 Å². The van der Waals surface area contributed by atoms with E-state index in [4.69, 9.17) is 21.7 Å². The molecule has 108 valence electrons. The van der Waals surface area contributed by atoms with Gasteiger partial charge in [-0.25, -0.2) is 0 Å². The van der Waals surface area contributed by atoms with Crippen molar-refractivity contribution in [2.24, 2.45) is 0 Å². The van der Waals surface area contributed by atoms with E-state index in [9.17, 15) is 0 Å². The van der Waals surface area contributed by atoms with Crippen molar-refractivity contribution in [2.75, 3.05) is 31.7 Å². The first-order chi connectivity index (χ1) is 9.78. The highest BCUT2D eigenvalue weighted by molar-refractivity contribution is 7.80. The standard InChI is InChI=1S/C15H20N2O2S/c1-18-12-4-5-14-11(9-12)6-7-17(14)15(20)16-10-13-3-2-8-19-13/h4-5,9,13H,2-3,6-8,10H2,1H3,(H,16,20)/t13-/m1/s1. The van der Waals surface area contributed by atoms with Gasteiger partial charge in [-0.3, -0.25) is 0 Å². The van der Waals surface area contributed by atoms with Gasteiger partial charge in [-0.1, -0.05) is 0 Å². The van der Waals surface area contributed by atoms with Crippen LogP contribution in [0, 0.1) is 0 Å². The molecule has 0 aliphatic carbocycles. The van der Waals surface area contributed by atoms with Crippen molar-refractivity contribution in [3.63, 3.8) is 0 Å². The van der Waals surface area contributed by atoms with E-state index in [1.165, 1.54) is 11.3 Å². The van der Waals surface area contributed by atoms with Gasteiger partial charge in [0.25, 0.3) is 0 Å². The molecule has 0 saturated carbocycles. The van der Waals surface area contributed by atoms with E-state index in [-0.39, 0.29) is 0 Å². The smallest absolute Gasteiger partial charge is 0.173 e. The lowest BCUT2D eigenvalue weighted by atomic mass is 10.1. The Kier molecular flexibility index (Phi) is 4.08. The van der Waals surface area contributed by atoms with Crippen molar-refractivity contribution < 1.29 is 9.47 Å². The molecule has 0 bridgehead atoms. The molecule has 2 aliphatic heterocycles. The number of hydrogen-bond acceptors (Lipinski definition) is 3. The second kappa shape index (κ2) is 5.97. The number of thiocarbonyl (C=S) groups is 1.